The van der Waals surface area contributed by atoms with E-state index in [1.807, 2.05) is 42.5 Å². The second-order valence-electron chi connectivity index (χ2n) is 7.87. The topological polar surface area (TPSA) is 71.1 Å². The molecule has 2 aromatic heterocycles. The van der Waals surface area contributed by atoms with Crippen LogP contribution in [0.25, 0.3) is 22.1 Å². The van der Waals surface area contributed by atoms with Gasteiger partial charge in [0.15, 0.2) is 0 Å². The van der Waals surface area contributed by atoms with Gasteiger partial charge in [-0.1, -0.05) is 38.1 Å². The molecule has 0 bridgehead atoms. The smallest absolute Gasteiger partial charge is 0.330 e. The molecular weight excluding hydrogens is 380 g/mol. The second-order valence-corrected chi connectivity index (χ2v) is 7.87. The Morgan fingerprint density at radius 2 is 1.60 bits per heavy atom. The summed E-state index contributed by atoms with van der Waals surface area (Å²) in [6, 6.07) is 15.5. The van der Waals surface area contributed by atoms with E-state index < -0.39 is 5.97 Å². The number of rotatable bonds is 7. The van der Waals surface area contributed by atoms with Crippen LogP contribution in [-0.4, -0.2) is 31.8 Å². The van der Waals surface area contributed by atoms with Crippen LogP contribution in [0.3, 0.4) is 0 Å². The normalized spacial score (nSPS) is 11.6. The number of imidazole rings is 2. The minimum atomic E-state index is -0.454. The van der Waals surface area contributed by atoms with E-state index >= 15 is 0 Å². The quantitative estimate of drug-likeness (QED) is 0.441. The average Bonchev–Trinajstić information content (AvgIpc) is 3.22. The van der Waals surface area contributed by atoms with Crippen molar-refractivity contribution in [2.45, 2.75) is 39.9 Å². The Bertz CT molecular complexity index is 1260. The van der Waals surface area contributed by atoms with Crippen molar-refractivity contribution in [3.8, 4) is 0 Å². The first kappa shape index (κ1) is 19.9. The molecule has 0 radical (unpaired) electrons. The van der Waals surface area contributed by atoms with Gasteiger partial charge >= 0.3 is 11.7 Å². The van der Waals surface area contributed by atoms with Crippen LogP contribution >= 0.6 is 0 Å². The molecule has 0 fully saturated rings. The summed E-state index contributed by atoms with van der Waals surface area (Å²) < 4.78 is 10.1. The fourth-order valence-corrected chi connectivity index (χ4v) is 3.80. The maximum absolute atomic E-state index is 13.2. The summed E-state index contributed by atoms with van der Waals surface area (Å²) in [6.07, 6.45) is 1.02. The molecule has 0 atom stereocenters. The number of aryl methyl sites for hydroxylation is 1. The largest absolute Gasteiger partial charge is 0.468 e. The highest BCUT2D eigenvalue weighted by Crippen LogP contribution is 2.20. The molecule has 0 saturated carbocycles. The predicted octanol–water partition coefficient (Wildman–Crippen LogP) is 3.42. The lowest BCUT2D eigenvalue weighted by Crippen LogP contribution is -2.28. The number of methoxy groups -OCH3 is 1. The molecule has 0 amide bonds. The first-order valence-electron chi connectivity index (χ1n) is 10.2. The van der Waals surface area contributed by atoms with Crippen molar-refractivity contribution in [2.75, 3.05) is 7.11 Å². The van der Waals surface area contributed by atoms with Crippen LogP contribution in [0.5, 0.6) is 0 Å². The Hall–Kier alpha value is -3.35. The average molecular weight is 406 g/mol. The van der Waals surface area contributed by atoms with Crippen LogP contribution < -0.4 is 5.69 Å². The number of carbonyl (C=O) groups excluding carboxylic acids is 1. The van der Waals surface area contributed by atoms with E-state index in [2.05, 4.69) is 24.5 Å². The van der Waals surface area contributed by atoms with Gasteiger partial charge < -0.3 is 9.30 Å². The number of benzene rings is 2. The van der Waals surface area contributed by atoms with Gasteiger partial charge in [0.25, 0.3) is 0 Å². The zero-order chi connectivity index (χ0) is 21.3. The highest BCUT2D eigenvalue weighted by Gasteiger charge is 2.18. The molecule has 0 N–H and O–H groups in total. The highest BCUT2D eigenvalue weighted by atomic mass is 16.5. The molecule has 4 rings (SSSR count). The van der Waals surface area contributed by atoms with E-state index in [1.165, 1.54) is 11.7 Å². The Kier molecular flexibility index (Phi) is 5.44. The summed E-state index contributed by atoms with van der Waals surface area (Å²) in [4.78, 5) is 29.9. The van der Waals surface area contributed by atoms with Crippen LogP contribution in [0.4, 0.5) is 0 Å². The van der Waals surface area contributed by atoms with Crippen molar-refractivity contribution in [3.05, 3.63) is 64.8 Å². The van der Waals surface area contributed by atoms with Gasteiger partial charge in [0.2, 0.25) is 0 Å². The number of fused-ring (bicyclic) bond motifs is 2. The molecule has 0 aliphatic heterocycles. The predicted molar refractivity (Wildman–Crippen MR) is 117 cm³/mol. The van der Waals surface area contributed by atoms with E-state index in [1.54, 1.807) is 4.57 Å². The standard InChI is InChI=1S/C23H26N4O3/c1-16(2)12-13-25-18-9-5-4-8-17(18)24-21(25)14-26-19-10-6-7-11-20(19)27(23(26)29)15-22(28)30-3/h4-11,16H,12-15H2,1-3H3. The molecule has 4 aromatic rings. The van der Waals surface area contributed by atoms with Crippen LogP contribution in [0.15, 0.2) is 53.3 Å². The molecule has 0 spiro atoms. The summed E-state index contributed by atoms with van der Waals surface area (Å²) in [5.74, 6) is 0.938. The molecule has 2 heterocycles. The SMILES string of the molecule is COC(=O)Cn1c(=O)n(Cc2nc3ccccc3n2CCC(C)C)c2ccccc21. The van der Waals surface area contributed by atoms with E-state index in [0.717, 1.165) is 35.3 Å². The van der Waals surface area contributed by atoms with Gasteiger partial charge in [-0.3, -0.25) is 13.9 Å². The fourth-order valence-electron chi connectivity index (χ4n) is 3.80. The number of carbonyl (C=O) groups is 1. The van der Waals surface area contributed by atoms with Crippen molar-refractivity contribution >= 4 is 28.0 Å². The molecule has 2 aromatic carbocycles. The number of esters is 1. The third-order valence-electron chi connectivity index (χ3n) is 5.40. The Balaban J connectivity index is 1.82. The molecule has 156 valence electrons. The zero-order valence-electron chi connectivity index (χ0n) is 17.5. The monoisotopic (exact) mass is 406 g/mol. The maximum atomic E-state index is 13.2. The molecule has 30 heavy (non-hydrogen) atoms. The first-order chi connectivity index (χ1) is 14.5. The number of aromatic nitrogens is 4. The third kappa shape index (κ3) is 3.63. The molecule has 0 aliphatic carbocycles. The second kappa shape index (κ2) is 8.18. The van der Waals surface area contributed by atoms with Gasteiger partial charge in [-0.25, -0.2) is 9.78 Å². The van der Waals surface area contributed by atoms with Gasteiger partial charge in [0, 0.05) is 6.54 Å². The number of para-hydroxylation sites is 4. The number of ether oxygens (including phenoxy) is 1. The fraction of sp³-hybridized carbons (Fsp3) is 0.348. The van der Waals surface area contributed by atoms with E-state index in [4.69, 9.17) is 9.72 Å². The van der Waals surface area contributed by atoms with Gasteiger partial charge in [0.05, 0.1) is 35.7 Å². The summed E-state index contributed by atoms with van der Waals surface area (Å²) in [7, 11) is 1.32. The lowest BCUT2D eigenvalue weighted by Gasteiger charge is -2.11. The molecular formula is C23H26N4O3. The lowest BCUT2D eigenvalue weighted by atomic mass is 10.1. The van der Waals surface area contributed by atoms with Gasteiger partial charge in [0.1, 0.15) is 12.4 Å². The van der Waals surface area contributed by atoms with Crippen molar-refractivity contribution in [2.24, 2.45) is 5.92 Å². The van der Waals surface area contributed by atoms with Crippen LogP contribution in [0, 0.1) is 5.92 Å². The van der Waals surface area contributed by atoms with E-state index in [9.17, 15) is 9.59 Å². The zero-order valence-corrected chi connectivity index (χ0v) is 17.5. The maximum Gasteiger partial charge on any atom is 0.330 e. The molecule has 7 nitrogen and oxygen atoms in total. The van der Waals surface area contributed by atoms with Crippen molar-refractivity contribution < 1.29 is 9.53 Å². The van der Waals surface area contributed by atoms with Gasteiger partial charge in [-0.15, -0.1) is 0 Å². The minimum Gasteiger partial charge on any atom is -0.468 e. The highest BCUT2D eigenvalue weighted by molar-refractivity contribution is 5.79. The lowest BCUT2D eigenvalue weighted by molar-refractivity contribution is -0.141. The molecule has 0 aliphatic rings. The van der Waals surface area contributed by atoms with Gasteiger partial charge in [-0.05, 0) is 36.6 Å². The number of hydrogen-bond acceptors (Lipinski definition) is 4. The van der Waals surface area contributed by atoms with Crippen LogP contribution in [-0.2, 0) is 29.2 Å². The van der Waals surface area contributed by atoms with Crippen LogP contribution in [0.2, 0.25) is 0 Å². The molecule has 0 unspecified atom stereocenters. The Morgan fingerprint density at radius 1 is 0.967 bits per heavy atom. The van der Waals surface area contributed by atoms with Gasteiger partial charge in [-0.2, -0.15) is 0 Å². The van der Waals surface area contributed by atoms with Crippen molar-refractivity contribution in [1.29, 1.82) is 0 Å². The minimum absolute atomic E-state index is 0.118. The van der Waals surface area contributed by atoms with Crippen molar-refractivity contribution in [3.63, 3.8) is 0 Å². The summed E-state index contributed by atoms with van der Waals surface area (Å²) >= 11 is 0. The number of nitrogens with zero attached hydrogens (tertiary/aromatic N) is 4. The Labute approximate surface area is 174 Å². The Morgan fingerprint density at radius 3 is 2.27 bits per heavy atom. The van der Waals surface area contributed by atoms with E-state index in [-0.39, 0.29) is 12.2 Å². The first-order valence-corrected chi connectivity index (χ1v) is 10.2. The van der Waals surface area contributed by atoms with E-state index in [0.29, 0.717) is 18.0 Å². The summed E-state index contributed by atoms with van der Waals surface area (Å²) in [5.41, 5.74) is 3.22. The molecule has 0 saturated heterocycles. The summed E-state index contributed by atoms with van der Waals surface area (Å²) in [6.45, 7) is 5.45. The number of hydrogen-bond donors (Lipinski definition) is 0. The van der Waals surface area contributed by atoms with Crippen molar-refractivity contribution in [1.82, 2.24) is 18.7 Å². The summed E-state index contributed by atoms with van der Waals surface area (Å²) in [5, 5.41) is 0. The molecule has 7 heteroatoms. The van der Waals surface area contributed by atoms with Crippen LogP contribution in [0.1, 0.15) is 26.1 Å². The third-order valence-corrected chi connectivity index (χ3v) is 5.40.